The van der Waals surface area contributed by atoms with Crippen LogP contribution in [-0.2, 0) is 14.3 Å². The van der Waals surface area contributed by atoms with Crippen LogP contribution in [0, 0.1) is 0 Å². The first-order chi connectivity index (χ1) is 11.5. The number of methoxy groups -OCH3 is 1. The third kappa shape index (κ3) is 6.92. The third-order valence-electron chi connectivity index (χ3n) is 3.77. The van der Waals surface area contributed by atoms with Crippen molar-refractivity contribution in [1.82, 2.24) is 10.2 Å². The number of likely N-dealkylation sites (N-methyl/N-ethyl adjacent to an activating group) is 1. The average Bonchev–Trinajstić information content (AvgIpc) is 2.52. The van der Waals surface area contributed by atoms with Gasteiger partial charge in [0.15, 0.2) is 0 Å². The van der Waals surface area contributed by atoms with Gasteiger partial charge in [0.2, 0.25) is 0 Å². The van der Waals surface area contributed by atoms with Gasteiger partial charge in [0.1, 0.15) is 11.6 Å². The molecule has 0 radical (unpaired) electrons. The molecule has 0 bridgehead atoms. The summed E-state index contributed by atoms with van der Waals surface area (Å²) >= 11 is 5.92. The largest absolute Gasteiger partial charge is 0.468 e. The molecule has 1 aromatic rings. The summed E-state index contributed by atoms with van der Waals surface area (Å²) in [4.78, 5) is 25.9. The van der Waals surface area contributed by atoms with Gasteiger partial charge in [0, 0.05) is 17.6 Å². The highest BCUT2D eigenvalue weighted by atomic mass is 35.5. The van der Waals surface area contributed by atoms with E-state index in [0.717, 1.165) is 5.56 Å². The highest BCUT2D eigenvalue weighted by Crippen LogP contribution is 2.23. The fourth-order valence-corrected chi connectivity index (χ4v) is 2.40. The zero-order chi connectivity index (χ0) is 19.2. The maximum Gasteiger partial charge on any atom is 0.407 e. The lowest BCUT2D eigenvalue weighted by Crippen LogP contribution is -2.49. The fourth-order valence-electron chi connectivity index (χ4n) is 2.27. The van der Waals surface area contributed by atoms with Crippen LogP contribution in [0.5, 0.6) is 0 Å². The Kier molecular flexibility index (Phi) is 7.70. The molecule has 1 N–H and O–H groups in total. The van der Waals surface area contributed by atoms with Crippen LogP contribution in [0.3, 0.4) is 0 Å². The number of carbonyl (C=O) groups is 2. The number of carbonyl (C=O) groups excluding carboxylic acids is 2. The number of ether oxygens (including phenoxy) is 2. The Morgan fingerprint density at radius 1 is 1.24 bits per heavy atom. The molecule has 0 aliphatic rings. The Hall–Kier alpha value is -1.79. The van der Waals surface area contributed by atoms with Gasteiger partial charge < -0.3 is 14.8 Å². The van der Waals surface area contributed by atoms with Crippen LogP contribution in [0.1, 0.15) is 39.3 Å². The van der Waals surface area contributed by atoms with Crippen molar-refractivity contribution in [2.24, 2.45) is 0 Å². The third-order valence-corrected chi connectivity index (χ3v) is 4.02. The molecule has 6 nitrogen and oxygen atoms in total. The first kappa shape index (κ1) is 21.3. The molecule has 0 aliphatic carbocycles. The lowest BCUT2D eigenvalue weighted by molar-refractivity contribution is -0.147. The van der Waals surface area contributed by atoms with E-state index in [-0.39, 0.29) is 12.6 Å². The van der Waals surface area contributed by atoms with Crippen molar-refractivity contribution in [3.05, 3.63) is 34.9 Å². The van der Waals surface area contributed by atoms with Crippen LogP contribution in [0.25, 0.3) is 0 Å². The van der Waals surface area contributed by atoms with Crippen LogP contribution in [0.15, 0.2) is 24.3 Å². The summed E-state index contributed by atoms with van der Waals surface area (Å²) < 4.78 is 10.1. The van der Waals surface area contributed by atoms with E-state index < -0.39 is 23.7 Å². The molecule has 1 amide bonds. The van der Waals surface area contributed by atoms with Crippen molar-refractivity contribution in [3.63, 3.8) is 0 Å². The summed E-state index contributed by atoms with van der Waals surface area (Å²) in [6.45, 7) is 7.37. The molecular formula is C18H27ClN2O4. The molecule has 140 valence electrons. The number of benzene rings is 1. The van der Waals surface area contributed by atoms with Gasteiger partial charge in [-0.1, -0.05) is 23.7 Å². The smallest absolute Gasteiger partial charge is 0.407 e. The molecule has 7 heteroatoms. The molecule has 2 unspecified atom stereocenters. The summed E-state index contributed by atoms with van der Waals surface area (Å²) in [6.07, 6.45) is -0.575. The van der Waals surface area contributed by atoms with Crippen molar-refractivity contribution in [2.45, 2.75) is 45.4 Å². The van der Waals surface area contributed by atoms with E-state index in [1.54, 1.807) is 40.0 Å². The SMILES string of the molecule is COC(=O)C(CNC(=O)OC(C)(C)C)N(C)C(C)c1ccc(Cl)cc1. The van der Waals surface area contributed by atoms with Gasteiger partial charge in [-0.15, -0.1) is 0 Å². The molecule has 25 heavy (non-hydrogen) atoms. The average molecular weight is 371 g/mol. The second kappa shape index (κ2) is 9.06. The number of halogens is 1. The molecule has 2 atom stereocenters. The summed E-state index contributed by atoms with van der Waals surface area (Å²) in [5.41, 5.74) is 0.394. The van der Waals surface area contributed by atoms with E-state index in [4.69, 9.17) is 21.1 Å². The Morgan fingerprint density at radius 2 is 1.80 bits per heavy atom. The number of hydrogen-bond donors (Lipinski definition) is 1. The van der Waals surface area contributed by atoms with Crippen molar-refractivity contribution in [1.29, 1.82) is 0 Å². The number of rotatable bonds is 6. The topological polar surface area (TPSA) is 67.9 Å². The maximum atomic E-state index is 12.2. The van der Waals surface area contributed by atoms with Crippen molar-refractivity contribution < 1.29 is 19.1 Å². The van der Waals surface area contributed by atoms with Crippen LogP contribution in [0.4, 0.5) is 4.79 Å². The zero-order valence-corrected chi connectivity index (χ0v) is 16.4. The molecule has 1 aromatic carbocycles. The summed E-state index contributed by atoms with van der Waals surface area (Å²) in [5.74, 6) is -0.431. The number of nitrogens with zero attached hydrogens (tertiary/aromatic N) is 1. The lowest BCUT2D eigenvalue weighted by atomic mass is 10.1. The van der Waals surface area contributed by atoms with Crippen LogP contribution < -0.4 is 5.32 Å². The first-order valence-corrected chi connectivity index (χ1v) is 8.45. The Labute approximate surface area is 154 Å². The van der Waals surface area contributed by atoms with Crippen molar-refractivity contribution in [2.75, 3.05) is 20.7 Å². The molecule has 0 aromatic heterocycles. The fraction of sp³-hybridized carbons (Fsp3) is 0.556. The number of esters is 1. The van der Waals surface area contributed by atoms with E-state index >= 15 is 0 Å². The minimum atomic E-state index is -0.650. The van der Waals surface area contributed by atoms with Crippen LogP contribution >= 0.6 is 11.6 Å². The monoisotopic (exact) mass is 370 g/mol. The zero-order valence-electron chi connectivity index (χ0n) is 15.6. The van der Waals surface area contributed by atoms with E-state index in [0.29, 0.717) is 5.02 Å². The van der Waals surface area contributed by atoms with E-state index in [2.05, 4.69) is 5.32 Å². The Balaban J connectivity index is 2.81. The minimum absolute atomic E-state index is 0.0794. The highest BCUT2D eigenvalue weighted by Gasteiger charge is 2.29. The van der Waals surface area contributed by atoms with E-state index in [9.17, 15) is 9.59 Å². The van der Waals surface area contributed by atoms with E-state index in [1.165, 1.54) is 7.11 Å². The summed E-state index contributed by atoms with van der Waals surface area (Å²) in [6, 6.07) is 6.67. The maximum absolute atomic E-state index is 12.2. The lowest BCUT2D eigenvalue weighted by Gasteiger charge is -2.32. The predicted octanol–water partition coefficient (Wildman–Crippen LogP) is 3.40. The molecule has 1 rings (SSSR count). The summed E-state index contributed by atoms with van der Waals surface area (Å²) in [7, 11) is 3.13. The Bertz CT molecular complexity index is 584. The second-order valence-corrected chi connectivity index (χ2v) is 7.25. The number of hydrogen-bond acceptors (Lipinski definition) is 5. The van der Waals surface area contributed by atoms with Gasteiger partial charge >= 0.3 is 12.1 Å². The second-order valence-electron chi connectivity index (χ2n) is 6.81. The van der Waals surface area contributed by atoms with Gasteiger partial charge in [0.05, 0.1) is 7.11 Å². The van der Waals surface area contributed by atoms with E-state index in [1.807, 2.05) is 24.0 Å². The highest BCUT2D eigenvalue weighted by molar-refractivity contribution is 6.30. The molecular weight excluding hydrogens is 344 g/mol. The Morgan fingerprint density at radius 3 is 2.28 bits per heavy atom. The van der Waals surface area contributed by atoms with Crippen molar-refractivity contribution >= 4 is 23.7 Å². The summed E-state index contributed by atoms with van der Waals surface area (Å²) in [5, 5.41) is 3.27. The van der Waals surface area contributed by atoms with Gasteiger partial charge in [-0.05, 0) is 52.4 Å². The van der Waals surface area contributed by atoms with Gasteiger partial charge in [-0.2, -0.15) is 0 Å². The van der Waals surface area contributed by atoms with Gasteiger partial charge in [-0.3, -0.25) is 9.69 Å². The molecule has 0 saturated heterocycles. The molecule has 0 saturated carbocycles. The first-order valence-electron chi connectivity index (χ1n) is 8.07. The van der Waals surface area contributed by atoms with Gasteiger partial charge in [-0.25, -0.2) is 4.79 Å². The van der Waals surface area contributed by atoms with Crippen LogP contribution in [0.2, 0.25) is 5.02 Å². The molecule has 0 aliphatic heterocycles. The molecule has 0 spiro atoms. The number of amides is 1. The normalized spacial score (nSPS) is 13.9. The minimum Gasteiger partial charge on any atom is -0.468 e. The quantitative estimate of drug-likeness (QED) is 0.777. The van der Waals surface area contributed by atoms with Crippen molar-refractivity contribution in [3.8, 4) is 0 Å². The predicted molar refractivity (Wildman–Crippen MR) is 97.7 cm³/mol. The standard InChI is InChI=1S/C18H27ClN2O4/c1-12(13-7-9-14(19)10-8-13)21(5)15(16(22)24-6)11-20-17(23)25-18(2,3)4/h7-10,12,15H,11H2,1-6H3,(H,20,23). The number of alkyl carbamates (subject to hydrolysis) is 1. The van der Waals surface area contributed by atoms with Gasteiger partial charge in [0.25, 0.3) is 0 Å². The molecule has 0 fully saturated rings. The van der Waals surface area contributed by atoms with Crippen LogP contribution in [-0.4, -0.2) is 49.3 Å². The molecule has 0 heterocycles. The number of nitrogens with one attached hydrogen (secondary N) is 1.